The van der Waals surface area contributed by atoms with Crippen LogP contribution in [0.5, 0.6) is 0 Å². The lowest BCUT2D eigenvalue weighted by Gasteiger charge is -2.17. The minimum atomic E-state index is -0.101. The van der Waals surface area contributed by atoms with Gasteiger partial charge in [-0.15, -0.1) is 24.8 Å². The zero-order valence-electron chi connectivity index (χ0n) is 15.9. The van der Waals surface area contributed by atoms with Gasteiger partial charge in [0.25, 0.3) is 5.91 Å². The molecule has 7 nitrogen and oxygen atoms in total. The Morgan fingerprint density at radius 1 is 1.07 bits per heavy atom. The van der Waals surface area contributed by atoms with Gasteiger partial charge in [-0.05, 0) is 29.8 Å². The molecule has 1 aromatic carbocycles. The number of hydrogen-bond donors (Lipinski definition) is 2. The summed E-state index contributed by atoms with van der Waals surface area (Å²) in [5.74, 6) is -0.175. The van der Waals surface area contributed by atoms with Crippen LogP contribution in [0.4, 0.5) is 5.69 Å². The van der Waals surface area contributed by atoms with Crippen LogP contribution in [0.1, 0.15) is 15.9 Å². The molecule has 1 aromatic heterocycles. The van der Waals surface area contributed by atoms with E-state index in [4.69, 9.17) is 4.74 Å². The Kier molecular flexibility index (Phi) is 12.8. The van der Waals surface area contributed by atoms with Gasteiger partial charge in [0.15, 0.2) is 0 Å². The van der Waals surface area contributed by atoms with E-state index in [1.807, 2.05) is 24.3 Å². The fourth-order valence-corrected chi connectivity index (χ4v) is 2.28. The summed E-state index contributed by atoms with van der Waals surface area (Å²) in [7, 11) is 3.35. The van der Waals surface area contributed by atoms with Crippen LogP contribution in [0.25, 0.3) is 0 Å². The number of ether oxygens (including phenoxy) is 1. The Bertz CT molecular complexity index is 715. The number of rotatable bonds is 9. The van der Waals surface area contributed by atoms with Gasteiger partial charge in [-0.2, -0.15) is 0 Å². The first-order chi connectivity index (χ1) is 12.6. The molecule has 0 saturated heterocycles. The molecule has 0 fully saturated rings. The van der Waals surface area contributed by atoms with Crippen molar-refractivity contribution >= 4 is 42.3 Å². The van der Waals surface area contributed by atoms with E-state index in [0.717, 1.165) is 11.3 Å². The maximum absolute atomic E-state index is 12.4. The van der Waals surface area contributed by atoms with Crippen molar-refractivity contribution < 1.29 is 14.3 Å². The number of aromatic nitrogens is 1. The number of nitrogens with one attached hydrogen (secondary N) is 2. The third-order valence-corrected chi connectivity index (χ3v) is 3.81. The Hall–Kier alpha value is -2.19. The molecule has 9 heteroatoms. The summed E-state index contributed by atoms with van der Waals surface area (Å²) in [5.41, 5.74) is 2.33. The molecule has 0 unspecified atom stereocenters. The highest BCUT2D eigenvalue weighted by atomic mass is 35.5. The van der Waals surface area contributed by atoms with E-state index >= 15 is 0 Å². The summed E-state index contributed by atoms with van der Waals surface area (Å²) in [4.78, 5) is 29.6. The third kappa shape index (κ3) is 8.22. The van der Waals surface area contributed by atoms with Gasteiger partial charge >= 0.3 is 0 Å². The number of carbonyl (C=O) groups excluding carboxylic acids is 2. The van der Waals surface area contributed by atoms with Crippen molar-refractivity contribution in [2.75, 3.05) is 38.8 Å². The quantitative estimate of drug-likeness (QED) is 0.597. The highest BCUT2D eigenvalue weighted by Gasteiger charge is 2.13. The molecule has 0 saturated carbocycles. The number of halogens is 2. The molecule has 0 radical (unpaired) electrons. The lowest BCUT2D eigenvalue weighted by Crippen LogP contribution is -2.34. The second-order valence-electron chi connectivity index (χ2n) is 5.71. The van der Waals surface area contributed by atoms with Gasteiger partial charge in [0, 0.05) is 50.9 Å². The number of hydrogen-bond acceptors (Lipinski definition) is 5. The minimum Gasteiger partial charge on any atom is -0.383 e. The molecule has 0 aliphatic rings. The van der Waals surface area contributed by atoms with Crippen molar-refractivity contribution in [2.24, 2.45) is 0 Å². The van der Waals surface area contributed by atoms with Crippen LogP contribution in [0.2, 0.25) is 0 Å². The number of anilines is 1. The smallest absolute Gasteiger partial charge is 0.258 e. The molecule has 0 aliphatic carbocycles. The molecule has 2 aromatic rings. The van der Waals surface area contributed by atoms with E-state index in [0.29, 0.717) is 25.3 Å². The first-order valence-electron chi connectivity index (χ1n) is 8.35. The zero-order valence-corrected chi connectivity index (χ0v) is 17.5. The molecule has 2 N–H and O–H groups in total. The Labute approximate surface area is 177 Å². The Morgan fingerprint density at radius 3 is 2.32 bits per heavy atom. The van der Waals surface area contributed by atoms with Crippen LogP contribution in [-0.4, -0.2) is 50.7 Å². The van der Waals surface area contributed by atoms with Gasteiger partial charge in [-0.1, -0.05) is 12.1 Å². The molecule has 0 bridgehead atoms. The average Bonchev–Trinajstić information content (AvgIpc) is 2.69. The fraction of sp³-hybridized carbons (Fsp3) is 0.316. The molecule has 0 atom stereocenters. The Morgan fingerprint density at radius 2 is 1.71 bits per heavy atom. The summed E-state index contributed by atoms with van der Waals surface area (Å²) < 4.78 is 4.90. The zero-order chi connectivity index (χ0) is 18.8. The molecule has 2 amide bonds. The largest absolute Gasteiger partial charge is 0.383 e. The van der Waals surface area contributed by atoms with E-state index in [-0.39, 0.29) is 43.2 Å². The number of pyridine rings is 1. The third-order valence-electron chi connectivity index (χ3n) is 3.81. The molecule has 0 aliphatic heterocycles. The number of carbonyl (C=O) groups is 2. The van der Waals surface area contributed by atoms with Crippen molar-refractivity contribution in [3.63, 3.8) is 0 Å². The van der Waals surface area contributed by atoms with Crippen molar-refractivity contribution in [1.82, 2.24) is 15.6 Å². The monoisotopic (exact) mass is 428 g/mol. The summed E-state index contributed by atoms with van der Waals surface area (Å²) in [5, 5.41) is 5.83. The van der Waals surface area contributed by atoms with Crippen molar-refractivity contribution in [2.45, 2.75) is 6.54 Å². The molecule has 2 rings (SSSR count). The van der Waals surface area contributed by atoms with Gasteiger partial charge in [0.05, 0.1) is 13.2 Å². The number of amides is 2. The Balaban J connectivity index is 0.00000364. The average molecular weight is 429 g/mol. The predicted octanol–water partition coefficient (Wildman–Crippen LogP) is 2.05. The van der Waals surface area contributed by atoms with Gasteiger partial charge < -0.3 is 20.3 Å². The summed E-state index contributed by atoms with van der Waals surface area (Å²) in [6.45, 7) is 1.90. The van der Waals surface area contributed by atoms with Crippen molar-refractivity contribution in [3.8, 4) is 0 Å². The molecular formula is C19H26Cl2N4O3. The lowest BCUT2D eigenvalue weighted by atomic mass is 10.1. The van der Waals surface area contributed by atoms with Gasteiger partial charge in [-0.3, -0.25) is 14.6 Å². The highest BCUT2D eigenvalue weighted by Crippen LogP contribution is 2.16. The lowest BCUT2D eigenvalue weighted by molar-refractivity contribution is -0.120. The minimum absolute atomic E-state index is 0. The predicted molar refractivity (Wildman–Crippen MR) is 115 cm³/mol. The second-order valence-corrected chi connectivity index (χ2v) is 5.71. The van der Waals surface area contributed by atoms with Crippen LogP contribution >= 0.6 is 24.8 Å². The van der Waals surface area contributed by atoms with Gasteiger partial charge in [0.1, 0.15) is 0 Å². The standard InChI is InChI=1S/C19H24N4O3.2ClH/c1-23(19(25)16-7-9-20-10-8-16)17-5-3-15(4-6-17)13-22-18(24)14-21-11-12-26-2;;/h3-10,21H,11-14H2,1-2H3,(H,22,24);2*1H. The van der Waals surface area contributed by atoms with E-state index in [9.17, 15) is 9.59 Å². The molecule has 0 spiro atoms. The molecule has 28 heavy (non-hydrogen) atoms. The number of methoxy groups -OCH3 is 1. The van der Waals surface area contributed by atoms with Crippen LogP contribution in [0.3, 0.4) is 0 Å². The van der Waals surface area contributed by atoms with Crippen LogP contribution in [0, 0.1) is 0 Å². The summed E-state index contributed by atoms with van der Waals surface area (Å²) >= 11 is 0. The van der Waals surface area contributed by atoms with Crippen LogP contribution in [0.15, 0.2) is 48.8 Å². The highest BCUT2D eigenvalue weighted by molar-refractivity contribution is 6.05. The van der Waals surface area contributed by atoms with Crippen molar-refractivity contribution in [1.29, 1.82) is 0 Å². The van der Waals surface area contributed by atoms with Crippen LogP contribution < -0.4 is 15.5 Å². The maximum Gasteiger partial charge on any atom is 0.258 e. The van der Waals surface area contributed by atoms with E-state index in [1.165, 1.54) is 0 Å². The molecule has 1 heterocycles. The normalized spacial score (nSPS) is 9.64. The molecular weight excluding hydrogens is 403 g/mol. The first-order valence-corrected chi connectivity index (χ1v) is 8.35. The van der Waals surface area contributed by atoms with Gasteiger partial charge in [-0.25, -0.2) is 0 Å². The number of nitrogens with zero attached hydrogens (tertiary/aromatic N) is 2. The molecule has 154 valence electrons. The topological polar surface area (TPSA) is 83.6 Å². The van der Waals surface area contributed by atoms with E-state index in [1.54, 1.807) is 43.6 Å². The van der Waals surface area contributed by atoms with Gasteiger partial charge in [0.2, 0.25) is 5.91 Å². The SMILES string of the molecule is COCCNCC(=O)NCc1ccc(N(C)C(=O)c2ccncc2)cc1.Cl.Cl. The second kappa shape index (κ2) is 13.9. The van der Waals surface area contributed by atoms with E-state index < -0.39 is 0 Å². The maximum atomic E-state index is 12.4. The summed E-state index contributed by atoms with van der Waals surface area (Å²) in [6.07, 6.45) is 3.19. The fourth-order valence-electron chi connectivity index (χ4n) is 2.28. The van der Waals surface area contributed by atoms with E-state index in [2.05, 4.69) is 15.6 Å². The summed E-state index contributed by atoms with van der Waals surface area (Å²) in [6, 6.07) is 10.9. The van der Waals surface area contributed by atoms with Crippen molar-refractivity contribution in [3.05, 3.63) is 59.9 Å². The van der Waals surface area contributed by atoms with Crippen LogP contribution in [-0.2, 0) is 16.1 Å². The first kappa shape index (κ1) is 25.8. The number of benzene rings is 1.